The molecule has 0 aliphatic carbocycles. The Balaban J connectivity index is 1.38. The molecule has 2 fully saturated rings. The van der Waals surface area contributed by atoms with Crippen LogP contribution in [0.5, 0.6) is 0 Å². The fourth-order valence-electron chi connectivity index (χ4n) is 5.44. The van der Waals surface area contributed by atoms with E-state index in [2.05, 4.69) is 5.32 Å². The van der Waals surface area contributed by atoms with Crippen LogP contribution in [-0.2, 0) is 31.4 Å². The van der Waals surface area contributed by atoms with Gasteiger partial charge in [0, 0.05) is 32.7 Å². The van der Waals surface area contributed by atoms with Crippen molar-refractivity contribution in [1.29, 1.82) is 0 Å². The molecule has 2 aliphatic rings. The minimum atomic E-state index is -3.71. The van der Waals surface area contributed by atoms with Crippen LogP contribution in [-0.4, -0.2) is 57.5 Å². The molecule has 2 aromatic carbocycles. The van der Waals surface area contributed by atoms with Crippen molar-refractivity contribution in [3.63, 3.8) is 0 Å². The Labute approximate surface area is 221 Å². The number of hydrogen-bond donors (Lipinski definition) is 1. The van der Waals surface area contributed by atoms with Gasteiger partial charge in [-0.15, -0.1) is 0 Å². The Morgan fingerprint density at radius 3 is 2.05 bits per heavy atom. The average Bonchev–Trinajstić information content (AvgIpc) is 2.87. The molecule has 1 atom stereocenters. The zero-order chi connectivity index (χ0) is 26.8. The van der Waals surface area contributed by atoms with Crippen LogP contribution in [0.3, 0.4) is 0 Å². The van der Waals surface area contributed by atoms with Crippen LogP contribution < -0.4 is 5.32 Å². The molecule has 0 radical (unpaired) electrons. The number of carbonyl (C=O) groups excluding carboxylic acids is 1. The van der Waals surface area contributed by atoms with Crippen molar-refractivity contribution in [2.45, 2.75) is 69.2 Å². The first kappa shape index (κ1) is 27.8. The van der Waals surface area contributed by atoms with Crippen LogP contribution in [0.15, 0.2) is 46.2 Å². The highest BCUT2D eigenvalue weighted by molar-refractivity contribution is 7.89. The largest absolute Gasteiger partial charge is 0.352 e. The van der Waals surface area contributed by atoms with Crippen LogP contribution in [0.1, 0.15) is 54.4 Å². The molecule has 2 saturated heterocycles. The van der Waals surface area contributed by atoms with Crippen molar-refractivity contribution in [1.82, 2.24) is 13.9 Å². The summed E-state index contributed by atoms with van der Waals surface area (Å²) in [6.07, 6.45) is 4.06. The van der Waals surface area contributed by atoms with E-state index in [1.165, 1.54) is 8.61 Å². The molecule has 2 aromatic rings. The fourth-order valence-corrected chi connectivity index (χ4v) is 8.90. The molecule has 2 aliphatic heterocycles. The molecule has 1 amide bonds. The number of aryl methyl sites for hydroxylation is 3. The van der Waals surface area contributed by atoms with Gasteiger partial charge in [-0.2, -0.15) is 8.61 Å². The first-order valence-corrected chi connectivity index (χ1v) is 15.8. The molecular formula is C27H37N3O5S2. The summed E-state index contributed by atoms with van der Waals surface area (Å²) >= 11 is 0. The monoisotopic (exact) mass is 547 g/mol. The minimum Gasteiger partial charge on any atom is -0.352 e. The van der Waals surface area contributed by atoms with E-state index in [0.717, 1.165) is 41.5 Å². The van der Waals surface area contributed by atoms with E-state index in [9.17, 15) is 21.6 Å². The summed E-state index contributed by atoms with van der Waals surface area (Å²) in [5.41, 5.74) is 3.24. The third-order valence-corrected chi connectivity index (χ3v) is 11.4. The van der Waals surface area contributed by atoms with E-state index >= 15 is 0 Å². The van der Waals surface area contributed by atoms with Gasteiger partial charge < -0.3 is 5.32 Å². The van der Waals surface area contributed by atoms with Crippen LogP contribution in [0.25, 0.3) is 0 Å². The Morgan fingerprint density at radius 2 is 1.43 bits per heavy atom. The molecule has 4 rings (SSSR count). The van der Waals surface area contributed by atoms with E-state index in [-0.39, 0.29) is 23.9 Å². The highest BCUT2D eigenvalue weighted by Crippen LogP contribution is 2.29. The Kier molecular flexibility index (Phi) is 8.42. The van der Waals surface area contributed by atoms with Gasteiger partial charge in [-0.25, -0.2) is 16.8 Å². The molecule has 202 valence electrons. The van der Waals surface area contributed by atoms with Crippen molar-refractivity contribution in [2.75, 3.05) is 26.2 Å². The van der Waals surface area contributed by atoms with Crippen molar-refractivity contribution in [3.05, 3.63) is 58.7 Å². The smallest absolute Gasteiger partial charge is 0.243 e. The van der Waals surface area contributed by atoms with E-state index in [1.807, 2.05) is 32.9 Å². The molecule has 0 spiro atoms. The topological polar surface area (TPSA) is 104 Å². The van der Waals surface area contributed by atoms with E-state index < -0.39 is 26.0 Å². The van der Waals surface area contributed by atoms with Crippen LogP contribution in [0, 0.1) is 26.7 Å². The zero-order valence-electron chi connectivity index (χ0n) is 21.9. The van der Waals surface area contributed by atoms with Gasteiger partial charge in [0.15, 0.2) is 0 Å². The zero-order valence-corrected chi connectivity index (χ0v) is 23.5. The number of piperidine rings is 2. The quantitative estimate of drug-likeness (QED) is 0.571. The highest BCUT2D eigenvalue weighted by Gasteiger charge is 2.35. The number of amides is 1. The van der Waals surface area contributed by atoms with Crippen LogP contribution in [0.4, 0.5) is 0 Å². The van der Waals surface area contributed by atoms with Gasteiger partial charge in [0.25, 0.3) is 0 Å². The van der Waals surface area contributed by atoms with Crippen molar-refractivity contribution in [3.8, 4) is 0 Å². The summed E-state index contributed by atoms with van der Waals surface area (Å²) in [4.78, 5) is 13.6. The lowest BCUT2D eigenvalue weighted by Gasteiger charge is -2.32. The van der Waals surface area contributed by atoms with Crippen LogP contribution >= 0.6 is 0 Å². The van der Waals surface area contributed by atoms with E-state index in [1.54, 1.807) is 24.3 Å². The fraction of sp³-hybridized carbons (Fsp3) is 0.519. The minimum absolute atomic E-state index is 0.147. The van der Waals surface area contributed by atoms with Gasteiger partial charge in [0.2, 0.25) is 26.0 Å². The van der Waals surface area contributed by atoms with Gasteiger partial charge in [-0.05, 0) is 75.3 Å². The van der Waals surface area contributed by atoms with E-state index in [0.29, 0.717) is 37.4 Å². The Morgan fingerprint density at radius 1 is 0.838 bits per heavy atom. The molecule has 0 bridgehead atoms. The number of hydrogen-bond acceptors (Lipinski definition) is 5. The van der Waals surface area contributed by atoms with Crippen molar-refractivity contribution in [2.24, 2.45) is 5.92 Å². The third kappa shape index (κ3) is 6.08. The standard InChI is InChI=1S/C27H37N3O5S2/c1-20-16-21(2)26(22(3)17-20)37(34,35)30-15-7-8-24(19-30)27(31)28-18-23-9-11-25(12-10-23)36(32,33)29-13-5-4-6-14-29/h9-12,16-17,24H,4-8,13-15,18-19H2,1-3H3,(H,28,31)/t24-/m0/s1. The van der Waals surface area contributed by atoms with Gasteiger partial charge in [0.1, 0.15) is 0 Å². The molecule has 0 aromatic heterocycles. The lowest BCUT2D eigenvalue weighted by Crippen LogP contribution is -2.45. The third-order valence-electron chi connectivity index (χ3n) is 7.30. The predicted octanol–water partition coefficient (Wildman–Crippen LogP) is 3.50. The SMILES string of the molecule is Cc1cc(C)c(S(=O)(=O)N2CCC[C@H](C(=O)NCc3ccc(S(=O)(=O)N4CCCCC4)cc3)C2)c(C)c1. The van der Waals surface area contributed by atoms with Crippen LogP contribution in [0.2, 0.25) is 0 Å². The van der Waals surface area contributed by atoms with Gasteiger partial charge in [-0.3, -0.25) is 4.79 Å². The summed E-state index contributed by atoms with van der Waals surface area (Å²) in [5, 5.41) is 2.91. The van der Waals surface area contributed by atoms with Gasteiger partial charge in [-0.1, -0.05) is 36.2 Å². The second-order valence-corrected chi connectivity index (χ2v) is 14.1. The molecule has 8 nitrogen and oxygen atoms in total. The maximum Gasteiger partial charge on any atom is 0.243 e. The summed E-state index contributed by atoms with van der Waals surface area (Å²) in [7, 11) is -7.20. The predicted molar refractivity (Wildman–Crippen MR) is 143 cm³/mol. The average molecular weight is 548 g/mol. The number of nitrogens with zero attached hydrogens (tertiary/aromatic N) is 2. The second-order valence-electron chi connectivity index (χ2n) is 10.3. The molecule has 10 heteroatoms. The molecule has 0 unspecified atom stereocenters. The van der Waals surface area contributed by atoms with Crippen molar-refractivity contribution < 1.29 is 21.6 Å². The van der Waals surface area contributed by atoms with E-state index in [4.69, 9.17) is 0 Å². The second kappa shape index (κ2) is 11.2. The number of rotatable bonds is 7. The first-order valence-electron chi connectivity index (χ1n) is 12.9. The maximum absolute atomic E-state index is 13.5. The number of benzene rings is 2. The normalized spacial score (nSPS) is 20.0. The first-order chi connectivity index (χ1) is 17.5. The lowest BCUT2D eigenvalue weighted by molar-refractivity contribution is -0.126. The summed E-state index contributed by atoms with van der Waals surface area (Å²) < 4.78 is 55.6. The molecule has 1 N–H and O–H groups in total. The molecule has 37 heavy (non-hydrogen) atoms. The molecular weight excluding hydrogens is 510 g/mol. The highest BCUT2D eigenvalue weighted by atomic mass is 32.2. The lowest BCUT2D eigenvalue weighted by atomic mass is 9.99. The van der Waals surface area contributed by atoms with Gasteiger partial charge in [0.05, 0.1) is 15.7 Å². The Bertz CT molecular complexity index is 1330. The molecule has 2 heterocycles. The number of carbonyl (C=O) groups is 1. The Hall–Kier alpha value is -2.27. The number of nitrogens with one attached hydrogen (secondary N) is 1. The van der Waals surface area contributed by atoms with Crippen molar-refractivity contribution >= 4 is 26.0 Å². The molecule has 0 saturated carbocycles. The van der Waals surface area contributed by atoms with Gasteiger partial charge >= 0.3 is 0 Å². The summed E-state index contributed by atoms with van der Waals surface area (Å²) in [6.45, 7) is 7.46. The number of sulfonamides is 2. The maximum atomic E-state index is 13.5. The summed E-state index contributed by atoms with van der Waals surface area (Å²) in [5.74, 6) is -0.629. The summed E-state index contributed by atoms with van der Waals surface area (Å²) in [6, 6.07) is 10.4.